The van der Waals surface area contributed by atoms with Gasteiger partial charge in [-0.2, -0.15) is 0 Å². The Morgan fingerprint density at radius 3 is 2.04 bits per heavy atom. The van der Waals surface area contributed by atoms with Gasteiger partial charge < -0.3 is 13.9 Å². The van der Waals surface area contributed by atoms with Crippen molar-refractivity contribution in [1.29, 1.82) is 0 Å². The van der Waals surface area contributed by atoms with Crippen LogP contribution in [0.2, 0.25) is 0 Å². The molecule has 0 atom stereocenters. The van der Waals surface area contributed by atoms with Crippen LogP contribution in [0.4, 0.5) is 4.39 Å². The lowest BCUT2D eigenvalue weighted by Gasteiger charge is -2.08. The van der Waals surface area contributed by atoms with Crippen molar-refractivity contribution < 1.29 is 27.9 Å². The average molecular weight is 378 g/mol. The molecule has 3 aromatic rings. The maximum atomic E-state index is 13.6. The van der Waals surface area contributed by atoms with Gasteiger partial charge >= 0.3 is 11.9 Å². The first-order chi connectivity index (χ1) is 13.5. The van der Waals surface area contributed by atoms with Crippen LogP contribution in [0.1, 0.15) is 0 Å². The molecule has 140 valence electrons. The summed E-state index contributed by atoms with van der Waals surface area (Å²) in [4.78, 5) is 23.1. The lowest BCUT2D eigenvalue weighted by atomic mass is 10.1. The molecule has 0 radical (unpaired) electrons. The highest BCUT2D eigenvalue weighted by Gasteiger charge is 2.17. The second kappa shape index (κ2) is 8.18. The second-order valence-corrected chi connectivity index (χ2v) is 5.55. The molecule has 1 aromatic heterocycles. The minimum absolute atomic E-state index is 0.00262. The Hall–Kier alpha value is -3.93. The van der Waals surface area contributed by atoms with Gasteiger partial charge in [-0.15, -0.1) is 0 Å². The monoisotopic (exact) mass is 378 g/mol. The number of carbonyl (C=O) groups excluding carboxylic acids is 2. The molecule has 28 heavy (non-hydrogen) atoms. The normalized spacial score (nSPS) is 10.2. The third-order valence-corrected chi connectivity index (χ3v) is 3.72. The van der Waals surface area contributed by atoms with Crippen molar-refractivity contribution in [3.8, 4) is 34.1 Å². The first-order valence-electron chi connectivity index (χ1n) is 8.19. The van der Waals surface area contributed by atoms with E-state index < -0.39 is 17.8 Å². The number of furan rings is 1. The Bertz CT molecular complexity index is 1060. The Morgan fingerprint density at radius 2 is 1.39 bits per heavy atom. The van der Waals surface area contributed by atoms with Gasteiger partial charge in [0, 0.05) is 18.2 Å². The summed E-state index contributed by atoms with van der Waals surface area (Å²) in [5.41, 5.74) is 0.916. The minimum Gasteiger partial charge on any atom is -0.456 e. The first-order valence-corrected chi connectivity index (χ1v) is 8.19. The van der Waals surface area contributed by atoms with Gasteiger partial charge in [0.15, 0.2) is 0 Å². The van der Waals surface area contributed by atoms with Crippen LogP contribution < -0.4 is 9.47 Å². The van der Waals surface area contributed by atoms with Crippen LogP contribution >= 0.6 is 0 Å². The predicted octanol–water partition coefficient (Wildman–Crippen LogP) is 4.94. The molecule has 0 amide bonds. The highest BCUT2D eigenvalue weighted by atomic mass is 19.1. The highest BCUT2D eigenvalue weighted by molar-refractivity contribution is 5.86. The molecular weight excluding hydrogens is 363 g/mol. The van der Waals surface area contributed by atoms with Gasteiger partial charge in [0.1, 0.15) is 28.8 Å². The molecule has 0 aliphatic heterocycles. The van der Waals surface area contributed by atoms with E-state index >= 15 is 0 Å². The van der Waals surface area contributed by atoms with Gasteiger partial charge in [-0.3, -0.25) is 0 Å². The smallest absolute Gasteiger partial charge is 0.335 e. The predicted molar refractivity (Wildman–Crippen MR) is 101 cm³/mol. The van der Waals surface area contributed by atoms with Crippen LogP contribution in [0.25, 0.3) is 22.6 Å². The number of para-hydroxylation sites is 1. The molecular formula is C22H15FO5. The lowest BCUT2D eigenvalue weighted by Crippen LogP contribution is -2.04. The van der Waals surface area contributed by atoms with Crippen molar-refractivity contribution in [2.45, 2.75) is 0 Å². The van der Waals surface area contributed by atoms with Crippen molar-refractivity contribution in [2.24, 2.45) is 0 Å². The number of rotatable bonds is 6. The van der Waals surface area contributed by atoms with E-state index in [9.17, 15) is 14.0 Å². The average Bonchev–Trinajstić information content (AvgIpc) is 3.18. The Kier molecular flexibility index (Phi) is 5.50. The standard InChI is InChI=1S/C22H15FO5/c1-3-21(24)27-17-8-6-5-7-15(17)18-11-12-19(26-18)16-10-9-14(23)13-20(16)28-22(25)4-2/h3-13H,1-2H2. The fourth-order valence-corrected chi connectivity index (χ4v) is 2.47. The molecule has 0 spiro atoms. The van der Waals surface area contributed by atoms with Gasteiger partial charge in [-0.05, 0) is 36.4 Å². The van der Waals surface area contributed by atoms with Gasteiger partial charge in [0.25, 0.3) is 0 Å². The van der Waals surface area contributed by atoms with Crippen LogP contribution in [-0.4, -0.2) is 11.9 Å². The molecule has 0 N–H and O–H groups in total. The van der Waals surface area contributed by atoms with Gasteiger partial charge in [0.05, 0.1) is 11.1 Å². The number of hydrogen-bond acceptors (Lipinski definition) is 5. The van der Waals surface area contributed by atoms with Gasteiger partial charge in [-0.25, -0.2) is 14.0 Å². The molecule has 1 heterocycles. The fraction of sp³-hybridized carbons (Fsp3) is 0. The molecule has 0 saturated carbocycles. The maximum absolute atomic E-state index is 13.6. The summed E-state index contributed by atoms with van der Waals surface area (Å²) in [5.74, 6) is -0.844. The zero-order valence-electron chi connectivity index (χ0n) is 14.7. The van der Waals surface area contributed by atoms with Gasteiger partial charge in [-0.1, -0.05) is 25.3 Å². The van der Waals surface area contributed by atoms with Crippen molar-refractivity contribution in [3.63, 3.8) is 0 Å². The molecule has 0 bridgehead atoms. The number of esters is 2. The van der Waals surface area contributed by atoms with Crippen molar-refractivity contribution in [2.75, 3.05) is 0 Å². The molecule has 0 saturated heterocycles. The third-order valence-electron chi connectivity index (χ3n) is 3.72. The molecule has 2 aromatic carbocycles. The van der Waals surface area contributed by atoms with Crippen LogP contribution in [0.5, 0.6) is 11.5 Å². The van der Waals surface area contributed by atoms with E-state index in [-0.39, 0.29) is 5.75 Å². The second-order valence-electron chi connectivity index (χ2n) is 5.55. The zero-order chi connectivity index (χ0) is 20.1. The molecule has 5 nitrogen and oxygen atoms in total. The van der Waals surface area contributed by atoms with E-state index in [4.69, 9.17) is 13.9 Å². The number of halogens is 1. The fourth-order valence-electron chi connectivity index (χ4n) is 2.47. The van der Waals surface area contributed by atoms with Crippen LogP contribution in [-0.2, 0) is 9.59 Å². The topological polar surface area (TPSA) is 65.7 Å². The molecule has 0 aliphatic carbocycles. The zero-order valence-corrected chi connectivity index (χ0v) is 14.7. The number of hydrogen-bond donors (Lipinski definition) is 0. The Morgan fingerprint density at radius 1 is 0.821 bits per heavy atom. The van der Waals surface area contributed by atoms with Gasteiger partial charge in [0.2, 0.25) is 0 Å². The Balaban J connectivity index is 2.00. The quantitative estimate of drug-likeness (QED) is 0.345. The lowest BCUT2D eigenvalue weighted by molar-refractivity contribution is -0.129. The maximum Gasteiger partial charge on any atom is 0.335 e. The highest BCUT2D eigenvalue weighted by Crippen LogP contribution is 2.37. The largest absolute Gasteiger partial charge is 0.456 e. The van der Waals surface area contributed by atoms with E-state index in [1.54, 1.807) is 36.4 Å². The summed E-state index contributed by atoms with van der Waals surface area (Å²) in [6, 6.07) is 13.9. The molecule has 6 heteroatoms. The molecule has 0 fully saturated rings. The van der Waals surface area contributed by atoms with Crippen LogP contribution in [0, 0.1) is 5.82 Å². The number of carbonyl (C=O) groups is 2. The van der Waals surface area contributed by atoms with E-state index in [1.807, 2.05) is 0 Å². The van der Waals surface area contributed by atoms with E-state index in [2.05, 4.69) is 13.2 Å². The summed E-state index contributed by atoms with van der Waals surface area (Å²) in [5, 5.41) is 0. The molecule has 0 unspecified atom stereocenters. The number of benzene rings is 2. The summed E-state index contributed by atoms with van der Waals surface area (Å²) in [7, 11) is 0. The third kappa shape index (κ3) is 4.07. The first kappa shape index (κ1) is 18.8. The van der Waals surface area contributed by atoms with Crippen molar-refractivity contribution in [1.82, 2.24) is 0 Å². The van der Waals surface area contributed by atoms with Crippen molar-refractivity contribution >= 4 is 11.9 Å². The Labute approximate surface area is 160 Å². The molecule has 0 aliphatic rings. The van der Waals surface area contributed by atoms with E-state index in [1.165, 1.54) is 12.1 Å². The van der Waals surface area contributed by atoms with E-state index in [0.29, 0.717) is 28.4 Å². The summed E-state index contributed by atoms with van der Waals surface area (Å²) < 4.78 is 29.8. The minimum atomic E-state index is -0.722. The number of ether oxygens (including phenoxy) is 2. The SMILES string of the molecule is C=CC(=O)Oc1ccccc1-c1ccc(-c2ccc(F)cc2OC(=O)C=C)o1. The summed E-state index contributed by atoms with van der Waals surface area (Å²) in [6.45, 7) is 6.70. The van der Waals surface area contributed by atoms with E-state index in [0.717, 1.165) is 18.2 Å². The van der Waals surface area contributed by atoms with Crippen molar-refractivity contribution in [3.05, 3.63) is 85.7 Å². The van der Waals surface area contributed by atoms with Crippen LogP contribution in [0.3, 0.4) is 0 Å². The molecule has 3 rings (SSSR count). The summed E-state index contributed by atoms with van der Waals surface area (Å²) in [6.07, 6.45) is 2.04. The van der Waals surface area contributed by atoms with Crippen LogP contribution in [0.15, 0.2) is 84.3 Å². The summed E-state index contributed by atoms with van der Waals surface area (Å²) >= 11 is 0.